The Morgan fingerprint density at radius 2 is 1.83 bits per heavy atom. The zero-order valence-corrected chi connectivity index (χ0v) is 12.3. The van der Waals surface area contributed by atoms with E-state index in [1.165, 1.54) is 6.26 Å². The summed E-state index contributed by atoms with van der Waals surface area (Å²) in [6.07, 6.45) is 3.65. The van der Waals surface area contributed by atoms with Crippen LogP contribution in [0.2, 0.25) is 0 Å². The zero-order valence-electron chi connectivity index (χ0n) is 11.5. The third-order valence-corrected chi connectivity index (χ3v) is 4.92. The Bertz CT molecular complexity index is 325. The standard InChI is InChI=1S/C12H25NO4S/c1-4-16-12(17-5-2)9-13-10-7-6-8-11(10)18(3,14)15/h10-13H,4-9H2,1-3H3. The highest BCUT2D eigenvalue weighted by Gasteiger charge is 2.34. The molecule has 0 spiro atoms. The van der Waals surface area contributed by atoms with Crippen LogP contribution < -0.4 is 5.32 Å². The highest BCUT2D eigenvalue weighted by Crippen LogP contribution is 2.25. The summed E-state index contributed by atoms with van der Waals surface area (Å²) in [5.74, 6) is 0. The molecule has 108 valence electrons. The lowest BCUT2D eigenvalue weighted by Crippen LogP contribution is -2.44. The maximum Gasteiger partial charge on any atom is 0.169 e. The van der Waals surface area contributed by atoms with Gasteiger partial charge in [0.25, 0.3) is 0 Å². The molecule has 1 aliphatic rings. The van der Waals surface area contributed by atoms with Crippen molar-refractivity contribution in [1.29, 1.82) is 0 Å². The first-order valence-electron chi connectivity index (χ1n) is 6.64. The van der Waals surface area contributed by atoms with Crippen LogP contribution in [-0.4, -0.2) is 52.0 Å². The van der Waals surface area contributed by atoms with Gasteiger partial charge in [-0.15, -0.1) is 0 Å². The van der Waals surface area contributed by atoms with Gasteiger partial charge in [0.2, 0.25) is 0 Å². The molecule has 0 aromatic rings. The van der Waals surface area contributed by atoms with Crippen LogP contribution in [0.4, 0.5) is 0 Å². The van der Waals surface area contributed by atoms with Gasteiger partial charge in [-0.2, -0.15) is 0 Å². The van der Waals surface area contributed by atoms with Gasteiger partial charge >= 0.3 is 0 Å². The number of ether oxygens (including phenoxy) is 2. The van der Waals surface area contributed by atoms with Gasteiger partial charge in [-0.05, 0) is 26.7 Å². The molecule has 0 saturated heterocycles. The second-order valence-corrected chi connectivity index (χ2v) is 6.92. The molecule has 1 saturated carbocycles. The SMILES string of the molecule is CCOC(CNC1CCCC1S(C)(=O)=O)OCC. The molecule has 18 heavy (non-hydrogen) atoms. The molecule has 1 N–H and O–H groups in total. The number of rotatable bonds is 8. The van der Waals surface area contributed by atoms with Gasteiger partial charge in [0.15, 0.2) is 16.1 Å². The molecule has 0 aromatic heterocycles. The molecule has 0 heterocycles. The summed E-state index contributed by atoms with van der Waals surface area (Å²) < 4.78 is 34.1. The van der Waals surface area contributed by atoms with Crippen molar-refractivity contribution >= 4 is 9.84 Å². The third-order valence-electron chi connectivity index (χ3n) is 3.25. The molecule has 1 aliphatic carbocycles. The predicted octanol–water partition coefficient (Wildman–Crippen LogP) is 0.941. The molecule has 0 amide bonds. The monoisotopic (exact) mass is 279 g/mol. The average Bonchev–Trinajstić information content (AvgIpc) is 2.74. The van der Waals surface area contributed by atoms with E-state index in [4.69, 9.17) is 9.47 Å². The molecule has 0 aliphatic heterocycles. The van der Waals surface area contributed by atoms with E-state index in [0.717, 1.165) is 19.3 Å². The van der Waals surface area contributed by atoms with Crippen LogP contribution in [0.3, 0.4) is 0 Å². The van der Waals surface area contributed by atoms with Crippen molar-refractivity contribution in [3.8, 4) is 0 Å². The summed E-state index contributed by atoms with van der Waals surface area (Å²) in [6, 6.07) is 0.0309. The summed E-state index contributed by atoms with van der Waals surface area (Å²) in [7, 11) is -2.97. The molecular weight excluding hydrogens is 254 g/mol. The molecule has 0 bridgehead atoms. The van der Waals surface area contributed by atoms with Gasteiger partial charge < -0.3 is 14.8 Å². The minimum atomic E-state index is -2.97. The lowest BCUT2D eigenvalue weighted by molar-refractivity contribution is -0.133. The Morgan fingerprint density at radius 1 is 1.22 bits per heavy atom. The van der Waals surface area contributed by atoms with Gasteiger partial charge in [-0.25, -0.2) is 8.42 Å². The van der Waals surface area contributed by atoms with Crippen molar-refractivity contribution in [3.05, 3.63) is 0 Å². The van der Waals surface area contributed by atoms with Crippen LogP contribution in [0.15, 0.2) is 0 Å². The summed E-state index contributed by atoms with van der Waals surface area (Å²) in [5, 5.41) is 3.02. The first kappa shape index (κ1) is 15.9. The number of sulfone groups is 1. The quantitative estimate of drug-likeness (QED) is 0.670. The third kappa shape index (κ3) is 4.84. The highest BCUT2D eigenvalue weighted by molar-refractivity contribution is 7.91. The zero-order chi connectivity index (χ0) is 13.6. The fraction of sp³-hybridized carbons (Fsp3) is 1.00. The van der Waals surface area contributed by atoms with Crippen LogP contribution >= 0.6 is 0 Å². The topological polar surface area (TPSA) is 64.6 Å². The Morgan fingerprint density at radius 3 is 2.33 bits per heavy atom. The van der Waals surface area contributed by atoms with Crippen molar-refractivity contribution in [2.45, 2.75) is 50.7 Å². The second-order valence-electron chi connectivity index (χ2n) is 4.65. The number of hydrogen-bond donors (Lipinski definition) is 1. The van der Waals surface area contributed by atoms with E-state index < -0.39 is 9.84 Å². The Labute approximate surface area is 110 Å². The Hall–Kier alpha value is -0.170. The van der Waals surface area contributed by atoms with Crippen molar-refractivity contribution in [1.82, 2.24) is 5.32 Å². The van der Waals surface area contributed by atoms with Crippen LogP contribution in [0.25, 0.3) is 0 Å². The van der Waals surface area contributed by atoms with Crippen molar-refractivity contribution in [3.63, 3.8) is 0 Å². The van der Waals surface area contributed by atoms with Gasteiger partial charge in [0.05, 0.1) is 5.25 Å². The molecule has 1 rings (SSSR count). The van der Waals surface area contributed by atoms with Crippen molar-refractivity contribution in [2.24, 2.45) is 0 Å². The highest BCUT2D eigenvalue weighted by atomic mass is 32.2. The number of nitrogens with one attached hydrogen (secondary N) is 1. The lowest BCUT2D eigenvalue weighted by atomic mass is 10.2. The summed E-state index contributed by atoms with van der Waals surface area (Å²) in [4.78, 5) is 0. The van der Waals surface area contributed by atoms with Crippen LogP contribution in [0.5, 0.6) is 0 Å². The molecule has 1 fully saturated rings. The minimum absolute atomic E-state index is 0.0309. The van der Waals surface area contributed by atoms with Crippen molar-refractivity contribution in [2.75, 3.05) is 26.0 Å². The van der Waals surface area contributed by atoms with Crippen LogP contribution in [0.1, 0.15) is 33.1 Å². The van der Waals surface area contributed by atoms with Crippen LogP contribution in [0, 0.1) is 0 Å². The normalized spacial score (nSPS) is 24.9. The van der Waals surface area contributed by atoms with Crippen molar-refractivity contribution < 1.29 is 17.9 Å². The fourth-order valence-electron chi connectivity index (χ4n) is 2.46. The minimum Gasteiger partial charge on any atom is -0.352 e. The van der Waals surface area contributed by atoms with E-state index in [9.17, 15) is 8.42 Å². The predicted molar refractivity (Wildman–Crippen MR) is 71.3 cm³/mol. The molecule has 2 unspecified atom stereocenters. The molecule has 5 nitrogen and oxygen atoms in total. The molecule has 0 aromatic carbocycles. The van der Waals surface area contributed by atoms with E-state index in [0.29, 0.717) is 19.8 Å². The largest absolute Gasteiger partial charge is 0.352 e. The van der Waals surface area contributed by atoms with E-state index in [1.807, 2.05) is 13.8 Å². The summed E-state index contributed by atoms with van der Waals surface area (Å²) in [6.45, 7) is 5.55. The van der Waals surface area contributed by atoms with E-state index in [1.54, 1.807) is 0 Å². The van der Waals surface area contributed by atoms with Crippen LogP contribution in [-0.2, 0) is 19.3 Å². The van der Waals surface area contributed by atoms with E-state index in [-0.39, 0.29) is 17.6 Å². The molecule has 0 radical (unpaired) electrons. The lowest BCUT2D eigenvalue weighted by Gasteiger charge is -2.23. The van der Waals surface area contributed by atoms with E-state index in [2.05, 4.69) is 5.32 Å². The number of hydrogen-bond acceptors (Lipinski definition) is 5. The smallest absolute Gasteiger partial charge is 0.169 e. The average molecular weight is 279 g/mol. The van der Waals surface area contributed by atoms with Gasteiger partial charge in [0.1, 0.15) is 0 Å². The summed E-state index contributed by atoms with van der Waals surface area (Å²) >= 11 is 0. The fourth-order valence-corrected chi connectivity index (χ4v) is 3.88. The molecule has 2 atom stereocenters. The van der Waals surface area contributed by atoms with E-state index >= 15 is 0 Å². The van der Waals surface area contributed by atoms with Gasteiger partial charge in [-0.3, -0.25) is 0 Å². The Balaban J connectivity index is 2.46. The maximum absolute atomic E-state index is 11.6. The first-order valence-corrected chi connectivity index (χ1v) is 8.60. The second kappa shape index (κ2) is 7.43. The summed E-state index contributed by atoms with van der Waals surface area (Å²) in [5.41, 5.74) is 0. The first-order chi connectivity index (χ1) is 8.49. The molecule has 6 heteroatoms. The maximum atomic E-state index is 11.6. The van der Waals surface area contributed by atoms with Gasteiger partial charge in [-0.1, -0.05) is 6.42 Å². The molecular formula is C12H25NO4S. The Kier molecular flexibility index (Phi) is 6.55. The van der Waals surface area contributed by atoms with Gasteiger partial charge in [0, 0.05) is 32.1 Å².